The lowest BCUT2D eigenvalue weighted by atomic mass is 9.96. The number of hydrogen-bond donors (Lipinski definition) is 0. The molecule has 2 aliphatic heterocycles. The Morgan fingerprint density at radius 1 is 1.33 bits per heavy atom. The lowest BCUT2D eigenvalue weighted by molar-refractivity contribution is -0.250. The maximum atomic E-state index is 12.0. The van der Waals surface area contributed by atoms with Crippen LogP contribution in [0.3, 0.4) is 0 Å². The highest BCUT2D eigenvalue weighted by Crippen LogP contribution is 2.40. The molecule has 0 bridgehead atoms. The molecule has 2 aliphatic rings. The molecule has 112 valence electrons. The fraction of sp³-hybridized carbons (Fsp3) is 0.467. The standard InChI is InChI=1S/C15H17NO5/c1-15(14(18)19-2)8-11-13(17)20-9-12(16(11)21-15)10-6-4-3-5-7-10/h3-7,11-12H,8-9H2,1-2H3/t11-,12+,15+/m0/s1. The minimum atomic E-state index is -1.16. The summed E-state index contributed by atoms with van der Waals surface area (Å²) in [5, 5.41) is 1.58. The predicted octanol–water partition coefficient (Wildman–Crippen LogP) is 1.22. The Labute approximate surface area is 122 Å². The molecule has 2 heterocycles. The molecule has 6 heteroatoms. The second-order valence-electron chi connectivity index (χ2n) is 5.45. The third kappa shape index (κ3) is 2.30. The number of hydroxylamine groups is 2. The smallest absolute Gasteiger partial charge is 0.340 e. The largest absolute Gasteiger partial charge is 0.467 e. The van der Waals surface area contributed by atoms with Gasteiger partial charge in [-0.1, -0.05) is 30.3 Å². The summed E-state index contributed by atoms with van der Waals surface area (Å²) >= 11 is 0. The Balaban J connectivity index is 1.91. The van der Waals surface area contributed by atoms with Crippen LogP contribution < -0.4 is 0 Å². The van der Waals surface area contributed by atoms with Crippen molar-refractivity contribution in [3.8, 4) is 0 Å². The van der Waals surface area contributed by atoms with Crippen LogP contribution >= 0.6 is 0 Å². The van der Waals surface area contributed by atoms with Crippen molar-refractivity contribution in [3.05, 3.63) is 35.9 Å². The maximum absolute atomic E-state index is 12.0. The number of carbonyl (C=O) groups is 2. The van der Waals surface area contributed by atoms with E-state index in [0.717, 1.165) is 5.56 Å². The zero-order chi connectivity index (χ0) is 15.0. The van der Waals surface area contributed by atoms with Crippen LogP contribution in [0.5, 0.6) is 0 Å². The van der Waals surface area contributed by atoms with E-state index in [1.807, 2.05) is 30.3 Å². The molecule has 3 rings (SSSR count). The number of ether oxygens (including phenoxy) is 2. The zero-order valence-corrected chi connectivity index (χ0v) is 11.9. The molecule has 6 nitrogen and oxygen atoms in total. The topological polar surface area (TPSA) is 65.1 Å². The van der Waals surface area contributed by atoms with Gasteiger partial charge in [-0.3, -0.25) is 9.63 Å². The van der Waals surface area contributed by atoms with Crippen molar-refractivity contribution in [2.45, 2.75) is 31.0 Å². The summed E-state index contributed by atoms with van der Waals surface area (Å²) in [7, 11) is 1.31. The number of methoxy groups -OCH3 is 1. The normalized spacial score (nSPS) is 32.4. The molecule has 1 aromatic carbocycles. The lowest BCUT2D eigenvalue weighted by Gasteiger charge is -2.35. The summed E-state index contributed by atoms with van der Waals surface area (Å²) in [4.78, 5) is 29.7. The van der Waals surface area contributed by atoms with E-state index >= 15 is 0 Å². The van der Waals surface area contributed by atoms with E-state index in [-0.39, 0.29) is 25.0 Å². The number of cyclic esters (lactones) is 1. The molecule has 2 fully saturated rings. The van der Waals surface area contributed by atoms with Gasteiger partial charge >= 0.3 is 11.9 Å². The van der Waals surface area contributed by atoms with E-state index in [4.69, 9.17) is 14.3 Å². The Hall–Kier alpha value is -1.92. The second-order valence-corrected chi connectivity index (χ2v) is 5.45. The SMILES string of the molecule is COC(=O)[C@@]1(C)C[C@H]2C(=O)OC[C@H](c3ccccc3)N2O1. The lowest BCUT2D eigenvalue weighted by Crippen LogP contribution is -2.46. The Morgan fingerprint density at radius 3 is 2.71 bits per heavy atom. The fourth-order valence-corrected chi connectivity index (χ4v) is 2.85. The number of nitrogens with zero attached hydrogens (tertiary/aromatic N) is 1. The first-order chi connectivity index (χ1) is 10.0. The van der Waals surface area contributed by atoms with Crippen LogP contribution in [0.15, 0.2) is 30.3 Å². The van der Waals surface area contributed by atoms with Crippen LogP contribution in [0.4, 0.5) is 0 Å². The number of esters is 2. The van der Waals surface area contributed by atoms with Crippen molar-refractivity contribution < 1.29 is 23.9 Å². The van der Waals surface area contributed by atoms with Gasteiger partial charge in [-0.15, -0.1) is 0 Å². The first-order valence-electron chi connectivity index (χ1n) is 6.82. The van der Waals surface area contributed by atoms with E-state index in [9.17, 15) is 9.59 Å². The molecular weight excluding hydrogens is 274 g/mol. The molecule has 2 saturated heterocycles. The van der Waals surface area contributed by atoms with E-state index < -0.39 is 17.6 Å². The molecule has 0 unspecified atom stereocenters. The summed E-state index contributed by atoms with van der Waals surface area (Å²) in [5.74, 6) is -0.855. The van der Waals surface area contributed by atoms with Crippen LogP contribution in [-0.4, -0.2) is 42.4 Å². The van der Waals surface area contributed by atoms with Gasteiger partial charge in [0.25, 0.3) is 0 Å². The summed E-state index contributed by atoms with van der Waals surface area (Å²) in [6.07, 6.45) is 0.224. The number of fused-ring (bicyclic) bond motifs is 1. The number of hydrogen-bond acceptors (Lipinski definition) is 6. The maximum Gasteiger partial charge on any atom is 0.340 e. The number of carbonyl (C=O) groups excluding carboxylic acids is 2. The van der Waals surface area contributed by atoms with Crippen LogP contribution in [0.2, 0.25) is 0 Å². The Morgan fingerprint density at radius 2 is 2.05 bits per heavy atom. The van der Waals surface area contributed by atoms with E-state index in [1.54, 1.807) is 12.0 Å². The summed E-state index contributed by atoms with van der Waals surface area (Å²) < 4.78 is 10.0. The molecule has 0 saturated carbocycles. The fourth-order valence-electron chi connectivity index (χ4n) is 2.85. The van der Waals surface area contributed by atoms with Crippen molar-refractivity contribution in [1.29, 1.82) is 0 Å². The van der Waals surface area contributed by atoms with Gasteiger partial charge < -0.3 is 9.47 Å². The van der Waals surface area contributed by atoms with Crippen molar-refractivity contribution in [1.82, 2.24) is 5.06 Å². The highest BCUT2D eigenvalue weighted by Gasteiger charge is 2.56. The third-order valence-corrected chi connectivity index (χ3v) is 3.96. The van der Waals surface area contributed by atoms with Crippen molar-refractivity contribution in [3.63, 3.8) is 0 Å². The van der Waals surface area contributed by atoms with E-state index in [2.05, 4.69) is 0 Å². The van der Waals surface area contributed by atoms with Crippen LogP contribution in [0.25, 0.3) is 0 Å². The molecule has 0 amide bonds. The average molecular weight is 291 g/mol. The summed E-state index contributed by atoms with van der Waals surface area (Å²) in [6, 6.07) is 8.82. The molecule has 0 spiro atoms. The van der Waals surface area contributed by atoms with E-state index in [1.165, 1.54) is 7.11 Å². The molecular formula is C15H17NO5. The first kappa shape index (κ1) is 14.0. The third-order valence-electron chi connectivity index (χ3n) is 3.96. The number of rotatable bonds is 2. The van der Waals surface area contributed by atoms with Gasteiger partial charge in [-0.2, -0.15) is 5.06 Å². The molecule has 21 heavy (non-hydrogen) atoms. The van der Waals surface area contributed by atoms with Crippen LogP contribution in [0, 0.1) is 0 Å². The molecule has 0 radical (unpaired) electrons. The number of morpholine rings is 1. The molecule has 1 aromatic rings. The van der Waals surface area contributed by atoms with Crippen molar-refractivity contribution in [2.24, 2.45) is 0 Å². The van der Waals surface area contributed by atoms with Gasteiger partial charge in [0.05, 0.1) is 13.2 Å². The average Bonchev–Trinajstić information content (AvgIpc) is 2.87. The summed E-state index contributed by atoms with van der Waals surface area (Å²) in [6.45, 7) is 1.84. The molecule has 0 N–H and O–H groups in total. The Kier molecular flexibility index (Phi) is 3.43. The van der Waals surface area contributed by atoms with Gasteiger partial charge in [0, 0.05) is 6.42 Å². The summed E-state index contributed by atoms with van der Waals surface area (Å²) in [5.41, 5.74) is -0.181. The van der Waals surface area contributed by atoms with Gasteiger partial charge in [0.15, 0.2) is 5.60 Å². The molecule has 0 aromatic heterocycles. The van der Waals surface area contributed by atoms with Crippen molar-refractivity contribution >= 4 is 11.9 Å². The highest BCUT2D eigenvalue weighted by molar-refractivity contribution is 5.83. The van der Waals surface area contributed by atoms with Crippen LogP contribution in [-0.2, 0) is 23.9 Å². The predicted molar refractivity (Wildman–Crippen MR) is 71.9 cm³/mol. The monoisotopic (exact) mass is 291 g/mol. The quantitative estimate of drug-likeness (QED) is 0.763. The van der Waals surface area contributed by atoms with Crippen LogP contribution in [0.1, 0.15) is 24.9 Å². The number of benzene rings is 1. The highest BCUT2D eigenvalue weighted by atomic mass is 16.7. The first-order valence-corrected chi connectivity index (χ1v) is 6.82. The Bertz CT molecular complexity index is 560. The minimum absolute atomic E-state index is 0.205. The van der Waals surface area contributed by atoms with Gasteiger partial charge in [0.2, 0.25) is 0 Å². The molecule has 3 atom stereocenters. The van der Waals surface area contributed by atoms with Gasteiger partial charge in [-0.25, -0.2) is 4.79 Å². The van der Waals surface area contributed by atoms with Crippen molar-refractivity contribution in [2.75, 3.05) is 13.7 Å². The zero-order valence-electron chi connectivity index (χ0n) is 11.9. The minimum Gasteiger partial charge on any atom is -0.467 e. The van der Waals surface area contributed by atoms with E-state index in [0.29, 0.717) is 0 Å². The van der Waals surface area contributed by atoms with Gasteiger partial charge in [-0.05, 0) is 12.5 Å². The molecule has 0 aliphatic carbocycles. The second kappa shape index (κ2) is 5.13. The van der Waals surface area contributed by atoms with Gasteiger partial charge in [0.1, 0.15) is 12.6 Å².